The molecule has 0 bridgehead atoms. The van der Waals surface area contributed by atoms with Gasteiger partial charge < -0.3 is 25.0 Å². The van der Waals surface area contributed by atoms with Crippen LogP contribution in [0.4, 0.5) is 21.9 Å². The lowest BCUT2D eigenvalue weighted by Gasteiger charge is -2.37. The van der Waals surface area contributed by atoms with E-state index in [2.05, 4.69) is 41.5 Å². The lowest BCUT2D eigenvalue weighted by Crippen LogP contribution is -2.40. The number of rotatable bonds is 10. The van der Waals surface area contributed by atoms with E-state index in [0.29, 0.717) is 12.5 Å². The summed E-state index contributed by atoms with van der Waals surface area (Å²) in [6.07, 6.45) is 4.00. The molecule has 0 saturated carbocycles. The summed E-state index contributed by atoms with van der Waals surface area (Å²) >= 11 is 0. The van der Waals surface area contributed by atoms with E-state index in [-0.39, 0.29) is 17.9 Å². The van der Waals surface area contributed by atoms with Crippen molar-refractivity contribution in [3.05, 3.63) is 53.6 Å². The maximum atomic E-state index is 13.0. The Balaban J connectivity index is 1.93. The second-order valence-corrected chi connectivity index (χ2v) is 9.14. The molecule has 0 aliphatic carbocycles. The standard InChI is InChI=1S/C28H39N3O4/c1-5-15-31(24-13-16-35-17-14-24)26-12-9-22(21(6-2)19-27(32)34-4)18-25(26)30-28(33)29-23-10-7-20(3)8-11-23/h7-12,18,21,24H,5-6,13-17,19H2,1-4H3,(H2,29,30,33). The van der Waals surface area contributed by atoms with Crippen LogP contribution >= 0.6 is 0 Å². The number of hydrogen-bond donors (Lipinski definition) is 2. The quantitative estimate of drug-likeness (QED) is 0.401. The van der Waals surface area contributed by atoms with Gasteiger partial charge in [0.1, 0.15) is 0 Å². The number of carbonyl (C=O) groups is 2. The minimum atomic E-state index is -0.295. The van der Waals surface area contributed by atoms with Crippen LogP contribution in [0, 0.1) is 6.92 Å². The Morgan fingerprint density at radius 3 is 2.43 bits per heavy atom. The van der Waals surface area contributed by atoms with Gasteiger partial charge in [-0.25, -0.2) is 4.79 Å². The van der Waals surface area contributed by atoms with Crippen molar-refractivity contribution in [3.63, 3.8) is 0 Å². The first-order chi connectivity index (χ1) is 16.9. The molecule has 7 heteroatoms. The van der Waals surface area contributed by atoms with Crippen LogP contribution in [-0.2, 0) is 14.3 Å². The Hall–Kier alpha value is -3.06. The number of ether oxygens (including phenoxy) is 2. The fraction of sp³-hybridized carbons (Fsp3) is 0.500. The molecule has 7 nitrogen and oxygen atoms in total. The van der Waals surface area contributed by atoms with Crippen LogP contribution in [0.15, 0.2) is 42.5 Å². The van der Waals surface area contributed by atoms with Crippen molar-refractivity contribution in [1.82, 2.24) is 0 Å². The summed E-state index contributed by atoms with van der Waals surface area (Å²) in [7, 11) is 1.41. The third-order valence-corrected chi connectivity index (χ3v) is 6.59. The first-order valence-corrected chi connectivity index (χ1v) is 12.6. The number of methoxy groups -OCH3 is 1. The van der Waals surface area contributed by atoms with E-state index >= 15 is 0 Å². The molecule has 1 aliphatic heterocycles. The number of urea groups is 1. The molecule has 1 atom stereocenters. The Bertz CT molecular complexity index is 971. The van der Waals surface area contributed by atoms with Crippen LogP contribution in [0.25, 0.3) is 0 Å². The summed E-state index contributed by atoms with van der Waals surface area (Å²) in [6, 6.07) is 14.0. The third kappa shape index (κ3) is 7.46. The molecular formula is C28H39N3O4. The summed E-state index contributed by atoms with van der Waals surface area (Å²) < 4.78 is 10.5. The minimum Gasteiger partial charge on any atom is -0.469 e. The summed E-state index contributed by atoms with van der Waals surface area (Å²) in [4.78, 5) is 27.4. The molecule has 2 amide bonds. The van der Waals surface area contributed by atoms with Gasteiger partial charge in [-0.15, -0.1) is 0 Å². The lowest BCUT2D eigenvalue weighted by atomic mass is 9.92. The van der Waals surface area contributed by atoms with Gasteiger partial charge in [0.2, 0.25) is 0 Å². The molecule has 1 aliphatic rings. The van der Waals surface area contributed by atoms with Gasteiger partial charge >= 0.3 is 12.0 Å². The zero-order valence-corrected chi connectivity index (χ0v) is 21.4. The van der Waals surface area contributed by atoms with Crippen molar-refractivity contribution < 1.29 is 19.1 Å². The second-order valence-electron chi connectivity index (χ2n) is 9.14. The Morgan fingerprint density at radius 2 is 1.80 bits per heavy atom. The van der Waals surface area contributed by atoms with Crippen LogP contribution in [0.1, 0.15) is 63.0 Å². The van der Waals surface area contributed by atoms with Gasteiger partial charge in [-0.2, -0.15) is 0 Å². The molecular weight excluding hydrogens is 442 g/mol. The maximum Gasteiger partial charge on any atom is 0.323 e. The zero-order chi connectivity index (χ0) is 25.2. The molecule has 190 valence electrons. The van der Waals surface area contributed by atoms with E-state index in [1.54, 1.807) is 0 Å². The fourth-order valence-electron chi connectivity index (χ4n) is 4.60. The molecule has 1 fully saturated rings. The molecule has 0 spiro atoms. The Labute approximate surface area is 209 Å². The highest BCUT2D eigenvalue weighted by molar-refractivity contribution is 6.02. The number of nitrogens with zero attached hydrogens (tertiary/aromatic N) is 1. The summed E-state index contributed by atoms with van der Waals surface area (Å²) in [6.45, 7) is 8.62. The molecule has 35 heavy (non-hydrogen) atoms. The van der Waals surface area contributed by atoms with E-state index in [1.807, 2.05) is 37.3 Å². The normalized spacial score (nSPS) is 14.7. The van der Waals surface area contributed by atoms with Crippen LogP contribution in [0.3, 0.4) is 0 Å². The molecule has 2 N–H and O–H groups in total. The van der Waals surface area contributed by atoms with Crippen molar-refractivity contribution >= 4 is 29.1 Å². The van der Waals surface area contributed by atoms with Crippen LogP contribution in [0.2, 0.25) is 0 Å². The predicted octanol–water partition coefficient (Wildman–Crippen LogP) is 6.09. The highest BCUT2D eigenvalue weighted by Gasteiger charge is 2.25. The van der Waals surface area contributed by atoms with Crippen molar-refractivity contribution in [2.24, 2.45) is 0 Å². The number of nitrogens with one attached hydrogen (secondary N) is 2. The molecule has 1 unspecified atom stereocenters. The molecule has 1 saturated heterocycles. The lowest BCUT2D eigenvalue weighted by molar-refractivity contribution is -0.141. The monoisotopic (exact) mass is 481 g/mol. The average Bonchev–Trinajstić information content (AvgIpc) is 2.87. The van der Waals surface area contributed by atoms with Crippen LogP contribution in [-0.4, -0.2) is 44.9 Å². The number of carbonyl (C=O) groups excluding carboxylic acids is 2. The van der Waals surface area contributed by atoms with Gasteiger partial charge in [0.25, 0.3) is 0 Å². The van der Waals surface area contributed by atoms with E-state index in [4.69, 9.17) is 9.47 Å². The van der Waals surface area contributed by atoms with Gasteiger partial charge in [0, 0.05) is 31.5 Å². The largest absolute Gasteiger partial charge is 0.469 e. The minimum absolute atomic E-state index is 0.0138. The molecule has 1 heterocycles. The van der Waals surface area contributed by atoms with Crippen molar-refractivity contribution in [2.75, 3.05) is 42.4 Å². The fourth-order valence-corrected chi connectivity index (χ4v) is 4.60. The van der Waals surface area contributed by atoms with Gasteiger partial charge in [0.15, 0.2) is 0 Å². The van der Waals surface area contributed by atoms with Gasteiger partial charge in [-0.1, -0.05) is 37.6 Å². The number of hydrogen-bond acceptors (Lipinski definition) is 5. The molecule has 0 aromatic heterocycles. The molecule has 0 radical (unpaired) electrons. The van der Waals surface area contributed by atoms with Gasteiger partial charge in [-0.3, -0.25) is 4.79 Å². The number of esters is 1. The first kappa shape index (κ1) is 26.5. The van der Waals surface area contributed by atoms with Crippen LogP contribution in [0.5, 0.6) is 0 Å². The predicted molar refractivity (Wildman–Crippen MR) is 141 cm³/mol. The first-order valence-electron chi connectivity index (χ1n) is 12.6. The van der Waals surface area contributed by atoms with Crippen molar-refractivity contribution in [1.29, 1.82) is 0 Å². The van der Waals surface area contributed by atoms with E-state index < -0.39 is 0 Å². The average molecular weight is 482 g/mol. The van der Waals surface area contributed by atoms with Crippen molar-refractivity contribution in [3.8, 4) is 0 Å². The van der Waals surface area contributed by atoms with Gasteiger partial charge in [0.05, 0.1) is 24.9 Å². The van der Waals surface area contributed by atoms with E-state index in [1.165, 1.54) is 7.11 Å². The number of amides is 2. The molecule has 3 rings (SSSR count). The topological polar surface area (TPSA) is 79.9 Å². The zero-order valence-electron chi connectivity index (χ0n) is 21.4. The maximum absolute atomic E-state index is 13.0. The highest BCUT2D eigenvalue weighted by atomic mass is 16.5. The SMILES string of the molecule is CCCN(c1ccc(C(CC)CC(=O)OC)cc1NC(=O)Nc1ccc(C)cc1)C1CCOCC1. The van der Waals surface area contributed by atoms with Crippen LogP contribution < -0.4 is 15.5 Å². The Morgan fingerprint density at radius 1 is 1.09 bits per heavy atom. The summed E-state index contributed by atoms with van der Waals surface area (Å²) in [5.74, 6) is -0.220. The summed E-state index contributed by atoms with van der Waals surface area (Å²) in [5, 5.41) is 6.04. The van der Waals surface area contributed by atoms with Crippen molar-refractivity contribution in [2.45, 2.75) is 64.8 Å². The second kappa shape index (κ2) is 13.1. The summed E-state index contributed by atoms with van der Waals surface area (Å²) in [5.41, 5.74) is 4.62. The third-order valence-electron chi connectivity index (χ3n) is 6.59. The van der Waals surface area contributed by atoms with E-state index in [9.17, 15) is 9.59 Å². The van der Waals surface area contributed by atoms with Gasteiger partial charge in [-0.05, 0) is 68.4 Å². The van der Waals surface area contributed by atoms with E-state index in [0.717, 1.165) is 73.6 Å². The molecule has 2 aromatic rings. The molecule has 2 aromatic carbocycles. The highest BCUT2D eigenvalue weighted by Crippen LogP contribution is 2.35. The number of benzene rings is 2. The Kier molecular flexibility index (Phi) is 9.97. The number of anilines is 3. The number of aryl methyl sites for hydroxylation is 1. The smallest absolute Gasteiger partial charge is 0.323 e.